The highest BCUT2D eigenvalue weighted by Gasteiger charge is 2.59. The summed E-state index contributed by atoms with van der Waals surface area (Å²) in [5.41, 5.74) is 1.53. The molecule has 1 aromatic rings. The van der Waals surface area contributed by atoms with Crippen LogP contribution in [0.4, 0.5) is 5.69 Å². The third-order valence-corrected chi connectivity index (χ3v) is 6.36. The maximum absolute atomic E-state index is 12.9. The first-order chi connectivity index (χ1) is 13.5. The molecule has 2 aliphatic carbocycles. The Kier molecular flexibility index (Phi) is 5.09. The highest BCUT2D eigenvalue weighted by Crippen LogP contribution is 2.53. The Hall–Kier alpha value is -2.43. The van der Waals surface area contributed by atoms with Gasteiger partial charge in [0.2, 0.25) is 17.7 Å². The van der Waals surface area contributed by atoms with Crippen LogP contribution in [0.15, 0.2) is 36.4 Å². The minimum absolute atomic E-state index is 0.0623. The molecule has 1 aliphatic heterocycles. The van der Waals surface area contributed by atoms with Crippen molar-refractivity contribution in [3.63, 3.8) is 0 Å². The van der Waals surface area contributed by atoms with Gasteiger partial charge in [-0.3, -0.25) is 19.3 Å². The lowest BCUT2D eigenvalue weighted by Crippen LogP contribution is -2.34. The maximum atomic E-state index is 12.9. The average molecular weight is 380 g/mol. The molecule has 5 nitrogen and oxygen atoms in total. The van der Waals surface area contributed by atoms with Crippen molar-refractivity contribution in [3.05, 3.63) is 42.0 Å². The van der Waals surface area contributed by atoms with Crippen molar-refractivity contribution in [2.24, 2.45) is 23.7 Å². The van der Waals surface area contributed by atoms with Crippen molar-refractivity contribution in [2.45, 2.75) is 39.5 Å². The maximum Gasteiger partial charge on any atom is 0.238 e. The van der Waals surface area contributed by atoms with E-state index in [2.05, 4.69) is 26.0 Å². The van der Waals surface area contributed by atoms with Crippen LogP contribution in [0.5, 0.6) is 0 Å². The Labute approximate surface area is 166 Å². The van der Waals surface area contributed by atoms with Crippen LogP contribution in [0, 0.1) is 23.7 Å². The molecule has 4 unspecified atom stereocenters. The van der Waals surface area contributed by atoms with E-state index in [1.165, 1.54) is 4.90 Å². The molecule has 3 aliphatic rings. The summed E-state index contributed by atoms with van der Waals surface area (Å²) >= 11 is 0. The van der Waals surface area contributed by atoms with Gasteiger partial charge in [-0.15, -0.1) is 0 Å². The third-order valence-electron chi connectivity index (χ3n) is 6.36. The minimum atomic E-state index is -0.180. The van der Waals surface area contributed by atoms with Crippen LogP contribution < -0.4 is 4.90 Å². The summed E-state index contributed by atoms with van der Waals surface area (Å²) in [7, 11) is 0. The molecule has 0 spiro atoms. The predicted molar refractivity (Wildman–Crippen MR) is 108 cm³/mol. The monoisotopic (exact) mass is 380 g/mol. The number of anilines is 1. The Balaban J connectivity index is 1.46. The van der Waals surface area contributed by atoms with E-state index < -0.39 is 0 Å². The quantitative estimate of drug-likeness (QED) is 0.539. The smallest absolute Gasteiger partial charge is 0.238 e. The van der Waals surface area contributed by atoms with Crippen molar-refractivity contribution in [1.82, 2.24) is 4.90 Å². The van der Waals surface area contributed by atoms with E-state index in [1.54, 1.807) is 12.1 Å². The van der Waals surface area contributed by atoms with Crippen molar-refractivity contribution < 1.29 is 14.4 Å². The van der Waals surface area contributed by atoms with Crippen LogP contribution >= 0.6 is 0 Å². The number of fused-ring (bicyclic) bond motifs is 5. The fourth-order valence-corrected chi connectivity index (χ4v) is 5.11. The number of benzene rings is 1. The molecule has 2 bridgehead atoms. The van der Waals surface area contributed by atoms with Gasteiger partial charge in [-0.2, -0.15) is 0 Å². The SMILES string of the molecule is CCCN(CCC)C(=O)Cc1ccc(N2C(=O)C3C4C=CC(C4)C3C2=O)cc1. The third kappa shape index (κ3) is 3.07. The zero-order valence-corrected chi connectivity index (χ0v) is 16.6. The molecule has 4 atom stereocenters. The number of allylic oxidation sites excluding steroid dienone is 2. The topological polar surface area (TPSA) is 57.7 Å². The Morgan fingerprint density at radius 3 is 2.00 bits per heavy atom. The summed E-state index contributed by atoms with van der Waals surface area (Å²) in [4.78, 5) is 41.6. The molecule has 0 aromatic heterocycles. The Morgan fingerprint density at radius 1 is 0.964 bits per heavy atom. The molecule has 28 heavy (non-hydrogen) atoms. The molecular weight excluding hydrogens is 352 g/mol. The zero-order chi connectivity index (χ0) is 19.8. The summed E-state index contributed by atoms with van der Waals surface area (Å²) in [5.74, 6) is 0.0798. The van der Waals surface area contributed by atoms with E-state index in [1.807, 2.05) is 17.0 Å². The molecule has 1 aromatic carbocycles. The molecule has 1 heterocycles. The van der Waals surface area contributed by atoms with E-state index in [4.69, 9.17) is 0 Å². The fraction of sp³-hybridized carbons (Fsp3) is 0.522. The molecule has 0 radical (unpaired) electrons. The summed E-state index contributed by atoms with van der Waals surface area (Å²) < 4.78 is 0. The molecular formula is C23H28N2O3. The average Bonchev–Trinajstić information content (AvgIpc) is 3.36. The lowest BCUT2D eigenvalue weighted by atomic mass is 9.85. The van der Waals surface area contributed by atoms with E-state index in [-0.39, 0.29) is 41.4 Å². The van der Waals surface area contributed by atoms with Gasteiger partial charge in [0.25, 0.3) is 0 Å². The second-order valence-corrected chi connectivity index (χ2v) is 8.24. The number of amides is 3. The second kappa shape index (κ2) is 7.53. The highest BCUT2D eigenvalue weighted by molar-refractivity contribution is 6.22. The molecule has 0 N–H and O–H groups in total. The van der Waals surface area contributed by atoms with Gasteiger partial charge in [0.05, 0.1) is 23.9 Å². The van der Waals surface area contributed by atoms with Gasteiger partial charge in [0.15, 0.2) is 0 Å². The Bertz CT molecular complexity index is 778. The molecule has 1 saturated carbocycles. The lowest BCUT2D eigenvalue weighted by molar-refractivity contribution is -0.130. The fourth-order valence-electron chi connectivity index (χ4n) is 5.11. The van der Waals surface area contributed by atoms with E-state index in [0.717, 1.165) is 37.9 Å². The van der Waals surface area contributed by atoms with Crippen molar-refractivity contribution in [2.75, 3.05) is 18.0 Å². The number of carbonyl (C=O) groups is 3. The largest absolute Gasteiger partial charge is 0.342 e. The predicted octanol–water partition coefficient (Wildman–Crippen LogP) is 3.19. The molecule has 4 rings (SSSR count). The number of hydrogen-bond donors (Lipinski definition) is 0. The van der Waals surface area contributed by atoms with Crippen LogP contribution in [-0.4, -0.2) is 35.7 Å². The standard InChI is InChI=1S/C23H28N2O3/c1-3-11-24(12-4-2)19(26)13-15-5-9-18(10-6-15)25-22(27)20-16-7-8-17(14-16)21(20)23(25)28/h5-10,16-17,20-21H,3-4,11-14H2,1-2H3. The van der Waals surface area contributed by atoms with Crippen molar-refractivity contribution >= 4 is 23.4 Å². The summed E-state index contributed by atoms with van der Waals surface area (Å²) in [6.45, 7) is 5.71. The van der Waals surface area contributed by atoms with E-state index in [9.17, 15) is 14.4 Å². The minimum Gasteiger partial charge on any atom is -0.342 e. The van der Waals surface area contributed by atoms with Crippen molar-refractivity contribution in [1.29, 1.82) is 0 Å². The van der Waals surface area contributed by atoms with Gasteiger partial charge in [0.1, 0.15) is 0 Å². The first kappa shape index (κ1) is 18.9. The number of nitrogens with zero attached hydrogens (tertiary/aromatic N) is 2. The Morgan fingerprint density at radius 2 is 1.50 bits per heavy atom. The van der Waals surface area contributed by atoms with Gasteiger partial charge < -0.3 is 4.90 Å². The summed E-state index contributed by atoms with van der Waals surface area (Å²) in [6, 6.07) is 7.34. The van der Waals surface area contributed by atoms with Gasteiger partial charge in [-0.25, -0.2) is 0 Å². The van der Waals surface area contributed by atoms with Crippen LogP contribution in [-0.2, 0) is 20.8 Å². The second-order valence-electron chi connectivity index (χ2n) is 8.24. The van der Waals surface area contributed by atoms with Crippen LogP contribution in [0.1, 0.15) is 38.7 Å². The first-order valence-corrected chi connectivity index (χ1v) is 10.5. The summed E-state index contributed by atoms with van der Waals surface area (Å²) in [6.07, 6.45) is 7.39. The van der Waals surface area contributed by atoms with Gasteiger partial charge >= 0.3 is 0 Å². The zero-order valence-electron chi connectivity index (χ0n) is 16.6. The van der Waals surface area contributed by atoms with Crippen LogP contribution in [0.25, 0.3) is 0 Å². The van der Waals surface area contributed by atoms with Gasteiger partial charge in [-0.1, -0.05) is 38.1 Å². The first-order valence-electron chi connectivity index (χ1n) is 10.5. The number of carbonyl (C=O) groups excluding carboxylic acids is 3. The number of rotatable bonds is 7. The number of imide groups is 1. The van der Waals surface area contributed by atoms with Gasteiger partial charge in [-0.05, 0) is 48.8 Å². The van der Waals surface area contributed by atoms with E-state index >= 15 is 0 Å². The molecule has 3 amide bonds. The van der Waals surface area contributed by atoms with Crippen LogP contribution in [0.2, 0.25) is 0 Å². The van der Waals surface area contributed by atoms with Crippen molar-refractivity contribution in [3.8, 4) is 0 Å². The van der Waals surface area contributed by atoms with E-state index in [0.29, 0.717) is 12.1 Å². The summed E-state index contributed by atoms with van der Waals surface area (Å²) in [5, 5.41) is 0. The number of hydrogen-bond acceptors (Lipinski definition) is 3. The van der Waals surface area contributed by atoms with Crippen LogP contribution in [0.3, 0.4) is 0 Å². The molecule has 2 fully saturated rings. The molecule has 148 valence electrons. The lowest BCUT2D eigenvalue weighted by Gasteiger charge is -2.22. The molecule has 5 heteroatoms. The van der Waals surface area contributed by atoms with Gasteiger partial charge in [0, 0.05) is 13.1 Å². The highest BCUT2D eigenvalue weighted by atomic mass is 16.2. The normalized spacial score (nSPS) is 27.6. The molecule has 1 saturated heterocycles.